The molecule has 0 radical (unpaired) electrons. The Bertz CT molecular complexity index is 328. The maximum Gasteiger partial charge on any atom is 0.341 e. The van der Waals surface area contributed by atoms with Gasteiger partial charge in [0, 0.05) is 0 Å². The predicted molar refractivity (Wildman–Crippen MR) is 70.3 cm³/mol. The normalized spacial score (nSPS) is 42.9. The number of carbonyl (C=O) groups excluding carboxylic acids is 1. The molecule has 0 aromatic heterocycles. The van der Waals surface area contributed by atoms with Crippen LogP contribution in [0, 0.1) is 11.8 Å². The third-order valence-corrected chi connectivity index (χ3v) is 4.77. The van der Waals surface area contributed by atoms with Crippen LogP contribution >= 0.6 is 0 Å². The van der Waals surface area contributed by atoms with Gasteiger partial charge >= 0.3 is 5.97 Å². The molecule has 2 aliphatic rings. The molecule has 4 unspecified atom stereocenters. The highest BCUT2D eigenvalue weighted by atomic mass is 16.7. The summed E-state index contributed by atoms with van der Waals surface area (Å²) in [5.41, 5.74) is -0.848. The molecule has 0 aromatic carbocycles. The van der Waals surface area contributed by atoms with Crippen molar-refractivity contribution in [3.63, 3.8) is 0 Å². The van der Waals surface area contributed by atoms with Crippen LogP contribution in [-0.2, 0) is 14.3 Å². The first kappa shape index (κ1) is 13.9. The predicted octanol–water partition coefficient (Wildman–Crippen LogP) is 3.31. The number of esters is 1. The monoisotopic (exact) mass is 254 g/mol. The average molecular weight is 254 g/mol. The van der Waals surface area contributed by atoms with Gasteiger partial charge in [0.1, 0.15) is 5.60 Å². The van der Waals surface area contributed by atoms with Crippen LogP contribution in [0.1, 0.15) is 59.8 Å². The van der Waals surface area contributed by atoms with Gasteiger partial charge in [-0.1, -0.05) is 27.2 Å². The lowest BCUT2D eigenvalue weighted by molar-refractivity contribution is -0.150. The summed E-state index contributed by atoms with van der Waals surface area (Å²) in [6, 6.07) is 0. The molecule has 2 fully saturated rings. The second-order valence-electron chi connectivity index (χ2n) is 6.07. The molecule has 0 aromatic rings. The van der Waals surface area contributed by atoms with E-state index in [9.17, 15) is 4.79 Å². The first-order valence-corrected chi connectivity index (χ1v) is 7.39. The molecule has 3 heteroatoms. The van der Waals surface area contributed by atoms with E-state index in [1.807, 2.05) is 6.92 Å². The van der Waals surface area contributed by atoms with Crippen LogP contribution in [0.25, 0.3) is 0 Å². The topological polar surface area (TPSA) is 38.8 Å². The number of ether oxygens (including phenoxy) is 2. The van der Waals surface area contributed by atoms with Crippen LogP contribution in [0.2, 0.25) is 0 Å². The highest BCUT2D eigenvalue weighted by Crippen LogP contribution is 2.62. The molecule has 0 amide bonds. The van der Waals surface area contributed by atoms with Gasteiger partial charge in [0.25, 0.3) is 0 Å². The summed E-state index contributed by atoms with van der Waals surface area (Å²) in [4.78, 5) is 12.3. The van der Waals surface area contributed by atoms with Crippen LogP contribution < -0.4 is 0 Å². The SMILES string of the molecule is CCCC1(C(=O)OCC)OC12CCC(C)CC2C. The Morgan fingerprint density at radius 3 is 2.67 bits per heavy atom. The maximum absolute atomic E-state index is 12.3. The van der Waals surface area contributed by atoms with E-state index in [0.29, 0.717) is 12.5 Å². The summed E-state index contributed by atoms with van der Waals surface area (Å²) in [6.45, 7) is 8.92. The van der Waals surface area contributed by atoms with Crippen molar-refractivity contribution in [3.05, 3.63) is 0 Å². The molecular formula is C15H26O3. The Balaban J connectivity index is 2.17. The quantitative estimate of drug-likeness (QED) is 0.570. The molecule has 1 aliphatic heterocycles. The van der Waals surface area contributed by atoms with Crippen LogP contribution in [0.5, 0.6) is 0 Å². The van der Waals surface area contributed by atoms with Gasteiger partial charge < -0.3 is 9.47 Å². The van der Waals surface area contributed by atoms with Crippen molar-refractivity contribution >= 4 is 5.97 Å². The minimum absolute atomic E-state index is 0.131. The summed E-state index contributed by atoms with van der Waals surface area (Å²) < 4.78 is 11.3. The Morgan fingerprint density at radius 2 is 2.11 bits per heavy atom. The molecule has 18 heavy (non-hydrogen) atoms. The first-order chi connectivity index (χ1) is 8.52. The molecule has 1 spiro atoms. The fourth-order valence-corrected chi connectivity index (χ4v) is 3.83. The molecule has 2 rings (SSSR count). The summed E-state index contributed by atoms with van der Waals surface area (Å²) >= 11 is 0. The van der Waals surface area contributed by atoms with Crippen molar-refractivity contribution in [2.75, 3.05) is 6.61 Å². The summed E-state index contributed by atoms with van der Waals surface area (Å²) in [7, 11) is 0. The second-order valence-corrected chi connectivity index (χ2v) is 6.07. The zero-order valence-corrected chi connectivity index (χ0v) is 12.1. The molecule has 3 nitrogen and oxygen atoms in total. The largest absolute Gasteiger partial charge is 0.464 e. The van der Waals surface area contributed by atoms with E-state index >= 15 is 0 Å². The van der Waals surface area contributed by atoms with E-state index in [2.05, 4.69) is 20.8 Å². The zero-order chi connectivity index (χ0) is 13.4. The molecule has 104 valence electrons. The van der Waals surface area contributed by atoms with Crippen molar-refractivity contribution in [2.24, 2.45) is 11.8 Å². The van der Waals surface area contributed by atoms with Crippen LogP contribution in [0.15, 0.2) is 0 Å². The average Bonchev–Trinajstić information content (AvgIpc) is 2.96. The Hall–Kier alpha value is -0.570. The molecule has 0 N–H and O–H groups in total. The summed E-state index contributed by atoms with van der Waals surface area (Å²) in [5, 5.41) is 0. The number of rotatable bonds is 4. The minimum atomic E-state index is -0.628. The lowest BCUT2D eigenvalue weighted by atomic mass is 9.69. The highest BCUT2D eigenvalue weighted by molar-refractivity contribution is 5.85. The lowest BCUT2D eigenvalue weighted by Crippen LogP contribution is -2.42. The van der Waals surface area contributed by atoms with Gasteiger partial charge in [0.05, 0.1) is 6.61 Å². The van der Waals surface area contributed by atoms with E-state index in [1.54, 1.807) is 0 Å². The molecule has 1 heterocycles. The van der Waals surface area contributed by atoms with Crippen molar-refractivity contribution < 1.29 is 14.3 Å². The van der Waals surface area contributed by atoms with Gasteiger partial charge in [0.15, 0.2) is 5.60 Å². The van der Waals surface area contributed by atoms with E-state index in [0.717, 1.165) is 38.0 Å². The third kappa shape index (κ3) is 1.87. The molecule has 1 aliphatic carbocycles. The molecule has 4 atom stereocenters. The van der Waals surface area contributed by atoms with Crippen molar-refractivity contribution in [1.82, 2.24) is 0 Å². The van der Waals surface area contributed by atoms with Crippen LogP contribution in [0.3, 0.4) is 0 Å². The summed E-state index contributed by atoms with van der Waals surface area (Å²) in [6.07, 6.45) is 5.08. The van der Waals surface area contributed by atoms with Gasteiger partial charge in [0.2, 0.25) is 0 Å². The zero-order valence-electron chi connectivity index (χ0n) is 12.1. The number of hydrogen-bond acceptors (Lipinski definition) is 3. The van der Waals surface area contributed by atoms with E-state index < -0.39 is 5.60 Å². The highest BCUT2D eigenvalue weighted by Gasteiger charge is 2.76. The van der Waals surface area contributed by atoms with Crippen molar-refractivity contribution in [1.29, 1.82) is 0 Å². The molecular weight excluding hydrogens is 228 g/mol. The lowest BCUT2D eigenvalue weighted by Gasteiger charge is -2.32. The van der Waals surface area contributed by atoms with Gasteiger partial charge in [-0.05, 0) is 44.4 Å². The first-order valence-electron chi connectivity index (χ1n) is 7.39. The van der Waals surface area contributed by atoms with Crippen LogP contribution in [-0.4, -0.2) is 23.8 Å². The van der Waals surface area contributed by atoms with Gasteiger partial charge in [-0.2, -0.15) is 0 Å². The maximum atomic E-state index is 12.3. The van der Waals surface area contributed by atoms with E-state index in [-0.39, 0.29) is 11.6 Å². The van der Waals surface area contributed by atoms with Crippen molar-refractivity contribution in [2.45, 2.75) is 71.0 Å². The van der Waals surface area contributed by atoms with Crippen molar-refractivity contribution in [3.8, 4) is 0 Å². The van der Waals surface area contributed by atoms with E-state index in [1.165, 1.54) is 0 Å². The Kier molecular flexibility index (Phi) is 3.72. The third-order valence-electron chi connectivity index (χ3n) is 4.77. The molecule has 0 bridgehead atoms. The number of carbonyl (C=O) groups is 1. The van der Waals surface area contributed by atoms with Gasteiger partial charge in [-0.15, -0.1) is 0 Å². The number of epoxide rings is 1. The minimum Gasteiger partial charge on any atom is -0.464 e. The Morgan fingerprint density at radius 1 is 1.39 bits per heavy atom. The smallest absolute Gasteiger partial charge is 0.341 e. The Labute approximate surface area is 110 Å². The summed E-state index contributed by atoms with van der Waals surface area (Å²) in [5.74, 6) is 1.07. The number of hydrogen-bond donors (Lipinski definition) is 0. The fraction of sp³-hybridized carbons (Fsp3) is 0.933. The second kappa shape index (κ2) is 4.84. The standard InChI is InChI=1S/C15H26O3/c1-5-8-15(13(16)17-6-2)14(18-15)9-7-11(3)10-12(14)4/h11-12H,5-10H2,1-4H3. The van der Waals surface area contributed by atoms with Gasteiger partial charge in [-0.25, -0.2) is 4.79 Å². The molecule has 1 saturated heterocycles. The van der Waals surface area contributed by atoms with Gasteiger partial charge in [-0.3, -0.25) is 0 Å². The molecule has 1 saturated carbocycles. The van der Waals surface area contributed by atoms with E-state index in [4.69, 9.17) is 9.47 Å². The fourth-order valence-electron chi connectivity index (χ4n) is 3.83. The van der Waals surface area contributed by atoms with Crippen LogP contribution in [0.4, 0.5) is 0 Å².